The van der Waals surface area contributed by atoms with Crippen molar-refractivity contribution in [1.29, 1.82) is 0 Å². The Morgan fingerprint density at radius 3 is 2.43 bits per heavy atom. The van der Waals surface area contributed by atoms with Crippen molar-refractivity contribution >= 4 is 11.9 Å². The number of amides is 1. The number of hydrazine groups is 1. The molecule has 2 fully saturated rings. The van der Waals surface area contributed by atoms with E-state index < -0.39 is 0 Å². The third-order valence-corrected chi connectivity index (χ3v) is 5.36. The molecular weight excluding hydrogens is 356 g/mol. The van der Waals surface area contributed by atoms with Crippen molar-refractivity contribution in [3.05, 3.63) is 47.3 Å². The first-order valence-corrected chi connectivity index (χ1v) is 9.66. The van der Waals surface area contributed by atoms with E-state index in [4.69, 9.17) is 0 Å². The molecule has 28 heavy (non-hydrogen) atoms. The van der Waals surface area contributed by atoms with Crippen LogP contribution in [0.15, 0.2) is 30.3 Å². The fourth-order valence-electron chi connectivity index (χ4n) is 3.90. The number of anilines is 1. The predicted molar refractivity (Wildman–Crippen MR) is 106 cm³/mol. The zero-order valence-electron chi connectivity index (χ0n) is 16.2. The lowest BCUT2D eigenvalue weighted by Gasteiger charge is -2.36. The average molecular weight is 382 g/mol. The zero-order valence-corrected chi connectivity index (χ0v) is 16.2. The van der Waals surface area contributed by atoms with Crippen LogP contribution in [0, 0.1) is 13.8 Å². The number of hydrogen-bond acceptors (Lipinski definition) is 7. The first-order chi connectivity index (χ1) is 13.5. The van der Waals surface area contributed by atoms with Crippen molar-refractivity contribution < 1.29 is 9.90 Å². The van der Waals surface area contributed by atoms with E-state index >= 15 is 0 Å². The van der Waals surface area contributed by atoms with E-state index in [0.29, 0.717) is 19.5 Å². The summed E-state index contributed by atoms with van der Waals surface area (Å²) in [7, 11) is 0. The smallest absolute Gasteiger partial charge is 0.241 e. The second kappa shape index (κ2) is 7.73. The molecule has 2 unspecified atom stereocenters. The Balaban J connectivity index is 1.35. The molecule has 4 rings (SSSR count). The van der Waals surface area contributed by atoms with E-state index in [1.807, 2.05) is 36.9 Å². The molecule has 2 aromatic rings. The number of benzene rings is 1. The van der Waals surface area contributed by atoms with E-state index in [1.54, 1.807) is 12.1 Å². The molecule has 2 aliphatic heterocycles. The molecular formula is C20H26N6O2. The molecule has 0 radical (unpaired) electrons. The van der Waals surface area contributed by atoms with Crippen molar-refractivity contribution in [2.45, 2.75) is 32.4 Å². The van der Waals surface area contributed by atoms with Crippen LogP contribution in [0.4, 0.5) is 5.95 Å². The zero-order chi connectivity index (χ0) is 19.7. The highest BCUT2D eigenvalue weighted by atomic mass is 16.3. The number of phenolic OH excluding ortho intramolecular Hbond substituents is 1. The molecule has 0 bridgehead atoms. The van der Waals surface area contributed by atoms with Gasteiger partial charge < -0.3 is 14.9 Å². The van der Waals surface area contributed by atoms with Gasteiger partial charge in [-0.2, -0.15) is 0 Å². The maximum Gasteiger partial charge on any atom is 0.241 e. The van der Waals surface area contributed by atoms with E-state index in [-0.39, 0.29) is 23.7 Å². The fourth-order valence-corrected chi connectivity index (χ4v) is 3.90. The largest absolute Gasteiger partial charge is 0.508 e. The molecule has 1 aromatic carbocycles. The molecule has 0 spiro atoms. The van der Waals surface area contributed by atoms with Crippen LogP contribution in [0.3, 0.4) is 0 Å². The molecule has 2 saturated heterocycles. The number of carbonyl (C=O) groups is 1. The Bertz CT molecular complexity index is 845. The molecule has 2 aliphatic rings. The van der Waals surface area contributed by atoms with Crippen molar-refractivity contribution in [2.75, 3.05) is 31.1 Å². The molecule has 0 saturated carbocycles. The van der Waals surface area contributed by atoms with Crippen molar-refractivity contribution in [3.8, 4) is 5.75 Å². The van der Waals surface area contributed by atoms with Crippen LogP contribution in [0.25, 0.3) is 0 Å². The maximum atomic E-state index is 12.9. The van der Waals surface area contributed by atoms with Gasteiger partial charge >= 0.3 is 0 Å². The van der Waals surface area contributed by atoms with Gasteiger partial charge in [0.1, 0.15) is 11.8 Å². The lowest BCUT2D eigenvalue weighted by molar-refractivity contribution is -0.133. The topological polar surface area (TPSA) is 93.6 Å². The highest BCUT2D eigenvalue weighted by Gasteiger charge is 2.35. The van der Waals surface area contributed by atoms with Crippen LogP contribution in [-0.4, -0.2) is 58.1 Å². The molecule has 8 nitrogen and oxygen atoms in total. The molecule has 2 atom stereocenters. The first kappa shape index (κ1) is 18.6. The SMILES string of the molecule is Cc1cc(C)nc(N2CCN(C(=O)C3CC(c4ccccc4O)NN3)CC2)n1. The number of phenols is 1. The summed E-state index contributed by atoms with van der Waals surface area (Å²) in [5.74, 6) is 1.08. The van der Waals surface area contributed by atoms with E-state index in [2.05, 4.69) is 25.7 Å². The molecule has 8 heteroatoms. The number of rotatable bonds is 3. The number of carbonyl (C=O) groups excluding carboxylic acids is 1. The molecule has 1 aromatic heterocycles. The Kier molecular flexibility index (Phi) is 5.15. The minimum Gasteiger partial charge on any atom is -0.508 e. The van der Waals surface area contributed by atoms with Gasteiger partial charge in [0.25, 0.3) is 0 Å². The number of nitrogens with zero attached hydrogens (tertiary/aromatic N) is 4. The van der Waals surface area contributed by atoms with E-state index in [0.717, 1.165) is 36.0 Å². The quantitative estimate of drug-likeness (QED) is 0.731. The van der Waals surface area contributed by atoms with Crippen LogP contribution in [-0.2, 0) is 4.79 Å². The van der Waals surface area contributed by atoms with Gasteiger partial charge in [-0.3, -0.25) is 4.79 Å². The monoisotopic (exact) mass is 382 g/mol. The Hall–Kier alpha value is -2.71. The Labute approximate surface area is 164 Å². The summed E-state index contributed by atoms with van der Waals surface area (Å²) in [5.41, 5.74) is 8.96. The Morgan fingerprint density at radius 2 is 1.75 bits per heavy atom. The van der Waals surface area contributed by atoms with Gasteiger partial charge in [0, 0.05) is 43.1 Å². The normalized spacial score (nSPS) is 22.5. The molecule has 3 heterocycles. The molecule has 1 amide bonds. The van der Waals surface area contributed by atoms with Gasteiger partial charge in [0.2, 0.25) is 11.9 Å². The number of piperazine rings is 1. The summed E-state index contributed by atoms with van der Waals surface area (Å²) in [6, 6.07) is 8.81. The van der Waals surface area contributed by atoms with Gasteiger partial charge in [0.05, 0.1) is 6.04 Å². The lowest BCUT2D eigenvalue weighted by atomic mass is 10.0. The van der Waals surface area contributed by atoms with Gasteiger partial charge in [0.15, 0.2) is 0 Å². The predicted octanol–water partition coefficient (Wildman–Crippen LogP) is 1.06. The van der Waals surface area contributed by atoms with Gasteiger partial charge in [-0.25, -0.2) is 20.8 Å². The average Bonchev–Trinajstić information content (AvgIpc) is 3.17. The van der Waals surface area contributed by atoms with Crippen LogP contribution in [0.2, 0.25) is 0 Å². The Morgan fingerprint density at radius 1 is 1.07 bits per heavy atom. The number of nitrogens with one attached hydrogen (secondary N) is 2. The summed E-state index contributed by atoms with van der Waals surface area (Å²) in [6.07, 6.45) is 0.608. The van der Waals surface area contributed by atoms with Gasteiger partial charge in [-0.05, 0) is 32.4 Å². The minimum atomic E-state index is -0.298. The third kappa shape index (κ3) is 3.79. The number of aromatic nitrogens is 2. The lowest BCUT2D eigenvalue weighted by Crippen LogP contribution is -2.54. The summed E-state index contributed by atoms with van der Waals surface area (Å²) in [4.78, 5) is 26.0. The van der Waals surface area contributed by atoms with Gasteiger partial charge in [-0.1, -0.05) is 18.2 Å². The standard InChI is InChI=1S/C20H26N6O2/c1-13-11-14(2)22-20(21-13)26-9-7-25(8-10-26)19(28)17-12-16(23-24-17)15-5-3-4-6-18(15)27/h3-6,11,16-17,23-24,27H,7-10,12H2,1-2H3. The molecule has 148 valence electrons. The second-order valence-corrected chi connectivity index (χ2v) is 7.45. The summed E-state index contributed by atoms with van der Waals surface area (Å²) in [6.45, 7) is 6.67. The highest BCUT2D eigenvalue weighted by Crippen LogP contribution is 2.29. The molecule has 3 N–H and O–H groups in total. The van der Waals surface area contributed by atoms with Crippen LogP contribution in [0.5, 0.6) is 5.75 Å². The van der Waals surface area contributed by atoms with E-state index in [9.17, 15) is 9.90 Å². The summed E-state index contributed by atoms with van der Waals surface area (Å²) in [5, 5.41) is 10.0. The van der Waals surface area contributed by atoms with Crippen molar-refractivity contribution in [1.82, 2.24) is 25.7 Å². The highest BCUT2D eigenvalue weighted by molar-refractivity contribution is 5.82. The minimum absolute atomic E-state index is 0.0832. The van der Waals surface area contributed by atoms with Gasteiger partial charge in [-0.15, -0.1) is 0 Å². The summed E-state index contributed by atoms with van der Waals surface area (Å²) >= 11 is 0. The number of hydrogen-bond donors (Lipinski definition) is 3. The van der Waals surface area contributed by atoms with Crippen molar-refractivity contribution in [2.24, 2.45) is 0 Å². The summed E-state index contributed by atoms with van der Waals surface area (Å²) < 4.78 is 0. The second-order valence-electron chi connectivity index (χ2n) is 7.45. The maximum absolute atomic E-state index is 12.9. The first-order valence-electron chi connectivity index (χ1n) is 9.66. The number of aryl methyl sites for hydroxylation is 2. The number of para-hydroxylation sites is 1. The number of aromatic hydroxyl groups is 1. The van der Waals surface area contributed by atoms with Crippen molar-refractivity contribution in [3.63, 3.8) is 0 Å². The van der Waals surface area contributed by atoms with Crippen LogP contribution < -0.4 is 15.8 Å². The van der Waals surface area contributed by atoms with Crippen LogP contribution >= 0.6 is 0 Å². The van der Waals surface area contributed by atoms with Crippen LogP contribution in [0.1, 0.15) is 29.4 Å². The third-order valence-electron chi connectivity index (χ3n) is 5.36. The fraction of sp³-hybridized carbons (Fsp3) is 0.450. The molecule has 0 aliphatic carbocycles. The van der Waals surface area contributed by atoms with E-state index in [1.165, 1.54) is 0 Å².